The van der Waals surface area contributed by atoms with Crippen molar-refractivity contribution in [2.45, 2.75) is 26.4 Å². The first-order chi connectivity index (χ1) is 7.22. The molecule has 0 amide bonds. The molecule has 0 rings (SSSR count). The van der Waals surface area contributed by atoms with Crippen molar-refractivity contribution in [3.63, 3.8) is 0 Å². The fraction of sp³-hybridized carbons (Fsp3) is 0.800. The molecule has 6 heteroatoms. The van der Waals surface area contributed by atoms with E-state index in [9.17, 15) is 9.59 Å². The smallest absolute Gasteiger partial charge is 0.320 e. The molecule has 96 valence electrons. The summed E-state index contributed by atoms with van der Waals surface area (Å²) in [5, 5.41) is 13.0. The van der Waals surface area contributed by atoms with Gasteiger partial charge in [0.25, 0.3) is 0 Å². The van der Waals surface area contributed by atoms with Crippen molar-refractivity contribution in [3.8, 4) is 0 Å². The summed E-state index contributed by atoms with van der Waals surface area (Å²) in [6.07, 6.45) is 0. The number of hydrogen-bond acceptors (Lipinski definition) is 5. The first kappa shape index (κ1) is 17.3. The monoisotopic (exact) mass is 234 g/mol. The minimum Gasteiger partial charge on any atom is -0.480 e. The molecule has 0 aliphatic heterocycles. The zero-order chi connectivity index (χ0) is 13.2. The van der Waals surface area contributed by atoms with E-state index in [0.717, 1.165) is 0 Å². The molecule has 3 N–H and O–H groups in total. The van der Waals surface area contributed by atoms with Crippen LogP contribution in [0.2, 0.25) is 0 Å². The molecule has 0 heterocycles. The molecule has 0 aromatic rings. The van der Waals surface area contributed by atoms with Crippen LogP contribution in [0.5, 0.6) is 0 Å². The average molecular weight is 234 g/mol. The molecule has 0 aromatic carbocycles. The molecule has 0 unspecified atom stereocenters. The maximum atomic E-state index is 10.8. The average Bonchev–Trinajstić information content (AvgIpc) is 2.01. The van der Waals surface area contributed by atoms with Gasteiger partial charge in [0.05, 0.1) is 13.1 Å². The molecule has 0 fully saturated rings. The number of ether oxygens (including phenoxy) is 1. The van der Waals surface area contributed by atoms with Crippen LogP contribution in [0.25, 0.3) is 0 Å². The summed E-state index contributed by atoms with van der Waals surface area (Å²) < 4.78 is 4.98. The number of carbonyl (C=O) groups excluding carboxylic acids is 1. The first-order valence-electron chi connectivity index (χ1n) is 4.95. The quantitative estimate of drug-likeness (QED) is 0.586. The minimum absolute atomic E-state index is 0.0417. The number of carboxylic acids is 1. The Kier molecular flexibility index (Phi) is 9.83. The molecule has 0 spiro atoms. The van der Waals surface area contributed by atoms with E-state index in [-0.39, 0.29) is 24.7 Å². The first-order valence-corrected chi connectivity index (χ1v) is 4.95. The van der Waals surface area contributed by atoms with Gasteiger partial charge in [-0.25, -0.2) is 0 Å². The predicted octanol–water partition coefficient (Wildman–Crippen LogP) is -0.162. The van der Waals surface area contributed by atoms with E-state index in [1.807, 2.05) is 20.8 Å². The summed E-state index contributed by atoms with van der Waals surface area (Å²) in [4.78, 5) is 20.3. The van der Waals surface area contributed by atoms with E-state index >= 15 is 0 Å². The highest BCUT2D eigenvalue weighted by atomic mass is 16.6. The molecule has 0 saturated carbocycles. The standard InChI is InChI=1S/C7H15NO2.C3H7NO2/c1-7(2,3)10-6(9)5-8-4;1-4-2-3(5)6/h8H,5H2,1-4H3;4H,2H2,1H3,(H,5,6). The maximum Gasteiger partial charge on any atom is 0.320 e. The fourth-order valence-electron chi connectivity index (χ4n) is 0.673. The van der Waals surface area contributed by atoms with Gasteiger partial charge in [0.15, 0.2) is 0 Å². The molecule has 0 atom stereocenters. The van der Waals surface area contributed by atoms with E-state index < -0.39 is 5.97 Å². The predicted molar refractivity (Wildman–Crippen MR) is 61.3 cm³/mol. The number of hydrogen-bond donors (Lipinski definition) is 3. The Balaban J connectivity index is 0. The summed E-state index contributed by atoms with van der Waals surface area (Å²) >= 11 is 0. The summed E-state index contributed by atoms with van der Waals surface area (Å²) in [5.74, 6) is -1.03. The molecular weight excluding hydrogens is 212 g/mol. The summed E-state index contributed by atoms with van der Waals surface area (Å²) in [7, 11) is 3.30. The van der Waals surface area contributed by atoms with Crippen molar-refractivity contribution in [1.29, 1.82) is 0 Å². The fourth-order valence-corrected chi connectivity index (χ4v) is 0.673. The number of carbonyl (C=O) groups is 2. The lowest BCUT2D eigenvalue weighted by Crippen LogP contribution is -2.29. The highest BCUT2D eigenvalue weighted by molar-refractivity contribution is 5.72. The zero-order valence-corrected chi connectivity index (χ0v) is 10.6. The number of likely N-dealkylation sites (N-methyl/N-ethyl adjacent to an activating group) is 2. The normalized spacial score (nSPS) is 10.1. The van der Waals surface area contributed by atoms with Crippen LogP contribution in [0.4, 0.5) is 0 Å². The zero-order valence-electron chi connectivity index (χ0n) is 10.6. The highest BCUT2D eigenvalue weighted by Gasteiger charge is 2.14. The second-order valence-corrected chi connectivity index (χ2v) is 4.04. The minimum atomic E-state index is -0.822. The van der Waals surface area contributed by atoms with Crippen LogP contribution in [0.15, 0.2) is 0 Å². The topological polar surface area (TPSA) is 87.7 Å². The van der Waals surface area contributed by atoms with E-state index in [2.05, 4.69) is 10.6 Å². The summed E-state index contributed by atoms with van der Waals surface area (Å²) in [6.45, 7) is 5.86. The number of carboxylic acid groups (broad SMARTS) is 1. The van der Waals surface area contributed by atoms with Crippen LogP contribution in [0.3, 0.4) is 0 Å². The van der Waals surface area contributed by atoms with Gasteiger partial charge in [-0.1, -0.05) is 0 Å². The van der Waals surface area contributed by atoms with Gasteiger partial charge in [-0.15, -0.1) is 0 Å². The molecule has 0 saturated heterocycles. The van der Waals surface area contributed by atoms with Crippen molar-refractivity contribution in [2.75, 3.05) is 27.2 Å². The highest BCUT2D eigenvalue weighted by Crippen LogP contribution is 2.05. The lowest BCUT2D eigenvalue weighted by molar-refractivity contribution is -0.153. The second-order valence-electron chi connectivity index (χ2n) is 4.04. The third-order valence-corrected chi connectivity index (χ3v) is 1.07. The van der Waals surface area contributed by atoms with Crippen LogP contribution in [-0.2, 0) is 14.3 Å². The van der Waals surface area contributed by atoms with Gasteiger partial charge in [-0.05, 0) is 34.9 Å². The second kappa shape index (κ2) is 9.11. The van der Waals surface area contributed by atoms with Crippen LogP contribution in [0, 0.1) is 0 Å². The number of nitrogens with one attached hydrogen (secondary N) is 2. The van der Waals surface area contributed by atoms with E-state index in [1.54, 1.807) is 14.1 Å². The van der Waals surface area contributed by atoms with Gasteiger partial charge < -0.3 is 20.5 Å². The van der Waals surface area contributed by atoms with Gasteiger partial charge in [0.1, 0.15) is 5.60 Å². The van der Waals surface area contributed by atoms with E-state index in [4.69, 9.17) is 9.84 Å². The van der Waals surface area contributed by atoms with Crippen molar-refractivity contribution in [3.05, 3.63) is 0 Å². The van der Waals surface area contributed by atoms with Gasteiger partial charge in [-0.3, -0.25) is 9.59 Å². The molecular formula is C10H22N2O4. The van der Waals surface area contributed by atoms with Crippen LogP contribution in [0.1, 0.15) is 20.8 Å². The van der Waals surface area contributed by atoms with Gasteiger partial charge in [-0.2, -0.15) is 0 Å². The van der Waals surface area contributed by atoms with Crippen molar-refractivity contribution >= 4 is 11.9 Å². The Hall–Kier alpha value is -1.14. The molecule has 6 nitrogen and oxygen atoms in total. The van der Waals surface area contributed by atoms with Gasteiger partial charge in [0.2, 0.25) is 0 Å². The van der Waals surface area contributed by atoms with Crippen LogP contribution < -0.4 is 10.6 Å². The molecule has 0 bridgehead atoms. The Labute approximate surface area is 96.4 Å². The van der Waals surface area contributed by atoms with Gasteiger partial charge in [0, 0.05) is 0 Å². The molecule has 0 aliphatic rings. The summed E-state index contributed by atoms with van der Waals surface area (Å²) in [6, 6.07) is 0. The molecule has 0 aromatic heterocycles. The molecule has 16 heavy (non-hydrogen) atoms. The number of aliphatic carboxylic acids is 1. The number of rotatable bonds is 4. The Morgan fingerprint density at radius 1 is 1.12 bits per heavy atom. The molecule has 0 aliphatic carbocycles. The summed E-state index contributed by atoms with van der Waals surface area (Å²) in [5.41, 5.74) is -0.367. The van der Waals surface area contributed by atoms with Crippen molar-refractivity contribution in [2.24, 2.45) is 0 Å². The van der Waals surface area contributed by atoms with Crippen LogP contribution >= 0.6 is 0 Å². The third-order valence-electron chi connectivity index (χ3n) is 1.07. The van der Waals surface area contributed by atoms with Crippen LogP contribution in [-0.4, -0.2) is 49.8 Å². The molecule has 0 radical (unpaired) electrons. The maximum absolute atomic E-state index is 10.8. The SMILES string of the molecule is CNCC(=O)O.CNCC(=O)OC(C)(C)C. The van der Waals surface area contributed by atoms with E-state index in [0.29, 0.717) is 0 Å². The van der Waals surface area contributed by atoms with Gasteiger partial charge >= 0.3 is 11.9 Å². The van der Waals surface area contributed by atoms with Crippen molar-refractivity contribution in [1.82, 2.24) is 10.6 Å². The Morgan fingerprint density at radius 3 is 1.75 bits per heavy atom. The Bertz CT molecular complexity index is 211. The largest absolute Gasteiger partial charge is 0.480 e. The lowest BCUT2D eigenvalue weighted by Gasteiger charge is -2.19. The lowest BCUT2D eigenvalue weighted by atomic mass is 10.2. The third kappa shape index (κ3) is 18.6. The Morgan fingerprint density at radius 2 is 1.56 bits per heavy atom. The van der Waals surface area contributed by atoms with E-state index in [1.165, 1.54) is 0 Å². The number of esters is 1. The van der Waals surface area contributed by atoms with Crippen molar-refractivity contribution < 1.29 is 19.4 Å².